The molecule has 0 saturated heterocycles. The molecule has 1 atom stereocenters. The number of aliphatic hydroxyl groups excluding tert-OH is 1. The average molecular weight is 276 g/mol. The zero-order valence-corrected chi connectivity index (χ0v) is 9.53. The van der Waals surface area contributed by atoms with Crippen LogP contribution in [0, 0.1) is 5.82 Å². The topological polar surface area (TPSA) is 46.2 Å². The summed E-state index contributed by atoms with van der Waals surface area (Å²) in [5, 5.41) is 8.13. The van der Waals surface area contributed by atoms with Gasteiger partial charge in [0.1, 0.15) is 12.4 Å². The van der Waals surface area contributed by atoms with E-state index in [1.54, 1.807) is 0 Å². The van der Waals surface area contributed by atoms with Crippen LogP contribution in [-0.4, -0.2) is 17.6 Å². The summed E-state index contributed by atoms with van der Waals surface area (Å²) in [6.07, 6.45) is 0. The predicted molar refractivity (Wildman–Crippen MR) is 57.6 cm³/mol. The molecule has 0 amide bonds. The van der Waals surface area contributed by atoms with Gasteiger partial charge in [-0.25, -0.2) is 13.2 Å². The van der Waals surface area contributed by atoms with Gasteiger partial charge < -0.3 is 10.8 Å². The molecular weight excluding hydrogens is 266 g/mol. The fourth-order valence-electron chi connectivity index (χ4n) is 1.05. The van der Waals surface area contributed by atoms with Crippen LogP contribution in [0.1, 0.15) is 11.6 Å². The van der Waals surface area contributed by atoms with Gasteiger partial charge in [0.25, 0.3) is 5.92 Å². The second-order valence-corrected chi connectivity index (χ2v) is 3.48. The van der Waals surface area contributed by atoms with E-state index >= 15 is 0 Å². The normalized spacial score (nSPS) is 13.1. The monoisotopic (exact) mass is 275 g/mol. The molecule has 0 heterocycles. The number of rotatable bonds is 3. The van der Waals surface area contributed by atoms with Crippen molar-refractivity contribution in [1.29, 1.82) is 0 Å². The molecular formula is C9H10Cl2F3NO. The molecule has 0 aliphatic heterocycles. The molecule has 7 heteroatoms. The summed E-state index contributed by atoms with van der Waals surface area (Å²) >= 11 is 5.41. The van der Waals surface area contributed by atoms with Gasteiger partial charge in [-0.2, -0.15) is 0 Å². The van der Waals surface area contributed by atoms with Crippen molar-refractivity contribution in [2.75, 3.05) is 6.61 Å². The number of alkyl halides is 2. The Balaban J connectivity index is 0.00000225. The van der Waals surface area contributed by atoms with Crippen LogP contribution in [-0.2, 0) is 0 Å². The Hall–Kier alpha value is -0.490. The molecule has 1 aromatic rings. The molecule has 0 spiro atoms. The van der Waals surface area contributed by atoms with Crippen LogP contribution in [0.3, 0.4) is 0 Å². The van der Waals surface area contributed by atoms with Crippen molar-refractivity contribution in [2.45, 2.75) is 12.0 Å². The van der Waals surface area contributed by atoms with Crippen LogP contribution < -0.4 is 5.73 Å². The van der Waals surface area contributed by atoms with Crippen LogP contribution >= 0.6 is 24.0 Å². The van der Waals surface area contributed by atoms with Gasteiger partial charge in [-0.3, -0.25) is 0 Å². The van der Waals surface area contributed by atoms with Gasteiger partial charge in [-0.1, -0.05) is 17.7 Å². The highest BCUT2D eigenvalue weighted by atomic mass is 35.5. The number of hydrogen-bond donors (Lipinski definition) is 2. The van der Waals surface area contributed by atoms with Crippen molar-refractivity contribution >= 4 is 24.0 Å². The average Bonchev–Trinajstić information content (AvgIpc) is 2.21. The van der Waals surface area contributed by atoms with Crippen molar-refractivity contribution < 1.29 is 18.3 Å². The van der Waals surface area contributed by atoms with Crippen LogP contribution in [0.25, 0.3) is 0 Å². The van der Waals surface area contributed by atoms with Crippen LogP contribution in [0.5, 0.6) is 0 Å². The lowest BCUT2D eigenvalue weighted by Crippen LogP contribution is -2.36. The van der Waals surface area contributed by atoms with Crippen molar-refractivity contribution in [3.05, 3.63) is 34.6 Å². The van der Waals surface area contributed by atoms with Crippen molar-refractivity contribution in [2.24, 2.45) is 5.73 Å². The number of benzene rings is 1. The molecule has 0 saturated carbocycles. The van der Waals surface area contributed by atoms with E-state index in [0.29, 0.717) is 0 Å². The highest BCUT2D eigenvalue weighted by molar-refractivity contribution is 6.30. The number of hydrogen-bond acceptors (Lipinski definition) is 2. The predicted octanol–water partition coefficient (Wildman–Crippen LogP) is 2.53. The summed E-state index contributed by atoms with van der Waals surface area (Å²) in [6.45, 7) is -1.37. The third kappa shape index (κ3) is 3.25. The Morgan fingerprint density at radius 1 is 1.44 bits per heavy atom. The largest absolute Gasteiger partial charge is 0.390 e. The summed E-state index contributed by atoms with van der Waals surface area (Å²) in [7, 11) is 0. The second-order valence-electron chi connectivity index (χ2n) is 3.07. The van der Waals surface area contributed by atoms with E-state index in [2.05, 4.69) is 0 Å². The van der Waals surface area contributed by atoms with Gasteiger partial charge in [0.05, 0.1) is 11.1 Å². The first-order valence-electron chi connectivity index (χ1n) is 4.07. The maximum absolute atomic E-state index is 13.0. The van der Waals surface area contributed by atoms with Crippen molar-refractivity contribution in [3.63, 3.8) is 0 Å². The van der Waals surface area contributed by atoms with E-state index in [-0.39, 0.29) is 23.0 Å². The lowest BCUT2D eigenvalue weighted by molar-refractivity contribution is -0.0711. The third-order valence-electron chi connectivity index (χ3n) is 1.97. The number of nitrogens with two attached hydrogens (primary N) is 1. The van der Waals surface area contributed by atoms with Gasteiger partial charge in [0.2, 0.25) is 0 Å². The molecule has 0 aliphatic carbocycles. The molecule has 3 N–H and O–H groups in total. The molecule has 0 unspecified atom stereocenters. The van der Waals surface area contributed by atoms with Crippen molar-refractivity contribution in [1.82, 2.24) is 0 Å². The maximum Gasteiger partial charge on any atom is 0.289 e. The summed E-state index contributed by atoms with van der Waals surface area (Å²) in [6, 6.07) is 1.37. The number of halogens is 5. The number of aliphatic hydroxyl groups is 1. The molecule has 0 aromatic heterocycles. The summed E-state index contributed by atoms with van der Waals surface area (Å²) in [5.41, 5.74) is 5.18. The Bertz CT molecular complexity index is 363. The molecule has 1 aromatic carbocycles. The third-order valence-corrected chi connectivity index (χ3v) is 2.26. The van der Waals surface area contributed by atoms with Gasteiger partial charge in [0, 0.05) is 0 Å². The van der Waals surface area contributed by atoms with E-state index in [1.165, 1.54) is 0 Å². The minimum atomic E-state index is -3.46. The van der Waals surface area contributed by atoms with Gasteiger partial charge >= 0.3 is 0 Å². The molecule has 2 nitrogen and oxygen atoms in total. The summed E-state index contributed by atoms with van der Waals surface area (Å²) < 4.78 is 38.6. The first-order chi connectivity index (χ1) is 6.88. The van der Waals surface area contributed by atoms with Gasteiger partial charge in [0.15, 0.2) is 0 Å². The minimum absolute atomic E-state index is 0. The standard InChI is InChI=1S/C9H9ClF3NO.ClH/c10-6-3-5(1-2-7(6)11)8(14)9(12,13)4-15;/h1-3,8,15H,4,14H2;1H/t8-;/m1./s1. The lowest BCUT2D eigenvalue weighted by atomic mass is 10.0. The van der Waals surface area contributed by atoms with Gasteiger partial charge in [-0.15, -0.1) is 12.4 Å². The second kappa shape index (κ2) is 5.72. The molecule has 16 heavy (non-hydrogen) atoms. The first kappa shape index (κ1) is 15.5. The maximum atomic E-state index is 13.0. The molecule has 0 bridgehead atoms. The summed E-state index contributed by atoms with van der Waals surface area (Å²) in [5.74, 6) is -4.17. The van der Waals surface area contributed by atoms with Crippen LogP contribution in [0.4, 0.5) is 13.2 Å². The highest BCUT2D eigenvalue weighted by Crippen LogP contribution is 2.30. The Morgan fingerprint density at radius 2 is 2.00 bits per heavy atom. The molecule has 92 valence electrons. The zero-order chi connectivity index (χ0) is 11.6. The van der Waals surface area contributed by atoms with Crippen LogP contribution in [0.2, 0.25) is 5.02 Å². The van der Waals surface area contributed by atoms with E-state index < -0.39 is 24.4 Å². The molecule has 1 rings (SSSR count). The summed E-state index contributed by atoms with van der Waals surface area (Å²) in [4.78, 5) is 0. The van der Waals surface area contributed by atoms with Crippen molar-refractivity contribution in [3.8, 4) is 0 Å². The fourth-order valence-corrected chi connectivity index (χ4v) is 1.24. The quantitative estimate of drug-likeness (QED) is 0.891. The highest BCUT2D eigenvalue weighted by Gasteiger charge is 2.37. The van der Waals surface area contributed by atoms with Crippen LogP contribution in [0.15, 0.2) is 18.2 Å². The van der Waals surface area contributed by atoms with E-state index in [9.17, 15) is 13.2 Å². The molecule has 0 radical (unpaired) electrons. The zero-order valence-electron chi connectivity index (χ0n) is 7.96. The lowest BCUT2D eigenvalue weighted by Gasteiger charge is -2.21. The Morgan fingerprint density at radius 3 is 2.44 bits per heavy atom. The SMILES string of the molecule is Cl.N[C@H](c1ccc(F)c(Cl)c1)C(F)(F)CO. The van der Waals surface area contributed by atoms with Gasteiger partial charge in [-0.05, 0) is 17.7 Å². The molecule has 0 fully saturated rings. The van der Waals surface area contributed by atoms with E-state index in [1.807, 2.05) is 0 Å². The van der Waals surface area contributed by atoms with E-state index in [4.69, 9.17) is 22.4 Å². The fraction of sp³-hybridized carbons (Fsp3) is 0.333. The Kier molecular flexibility index (Phi) is 5.55. The molecule has 0 aliphatic rings. The first-order valence-corrected chi connectivity index (χ1v) is 4.45. The van der Waals surface area contributed by atoms with E-state index in [0.717, 1.165) is 18.2 Å². The minimum Gasteiger partial charge on any atom is -0.390 e. The smallest absolute Gasteiger partial charge is 0.289 e. The Labute approximate surface area is 102 Å².